The highest BCUT2D eigenvalue weighted by Gasteiger charge is 2.40. The van der Waals surface area contributed by atoms with Crippen molar-refractivity contribution in [3.8, 4) is 9.88 Å². The first-order valence-electron chi connectivity index (χ1n) is 6.54. The van der Waals surface area contributed by atoms with E-state index in [1.165, 1.54) is 11.3 Å². The molecule has 1 N–H and O–H groups in total. The minimum atomic E-state index is -0.479. The number of hydrogen-bond donors (Lipinski definition) is 1. The second kappa shape index (κ2) is 5.46. The number of carbonyl (C=O) groups excluding carboxylic acids is 1. The lowest BCUT2D eigenvalue weighted by molar-refractivity contribution is 0.0758. The predicted octanol–water partition coefficient (Wildman–Crippen LogP) is 3.48. The van der Waals surface area contributed by atoms with Crippen LogP contribution in [0.5, 0.6) is 0 Å². The lowest BCUT2D eigenvalue weighted by atomic mass is 9.90. The van der Waals surface area contributed by atoms with Gasteiger partial charge in [0.25, 0.3) is 5.91 Å². The Kier molecular flexibility index (Phi) is 3.94. The van der Waals surface area contributed by atoms with E-state index in [0.29, 0.717) is 18.8 Å². The van der Waals surface area contributed by atoms with Gasteiger partial charge in [-0.2, -0.15) is 0 Å². The summed E-state index contributed by atoms with van der Waals surface area (Å²) in [6.45, 7) is 4.88. The molecule has 1 saturated heterocycles. The van der Waals surface area contributed by atoms with Gasteiger partial charge in [-0.3, -0.25) is 4.79 Å². The van der Waals surface area contributed by atoms with Crippen molar-refractivity contribution in [1.29, 1.82) is 0 Å². The van der Waals surface area contributed by atoms with E-state index in [4.69, 9.17) is 0 Å². The van der Waals surface area contributed by atoms with Gasteiger partial charge in [-0.15, -0.1) is 22.7 Å². The summed E-state index contributed by atoms with van der Waals surface area (Å²) in [5, 5.41) is 14.6. The monoisotopic (exact) mass is 386 g/mol. The van der Waals surface area contributed by atoms with Crippen LogP contribution in [0.3, 0.4) is 0 Å². The zero-order chi connectivity index (χ0) is 15.2. The third-order valence-corrected chi connectivity index (χ3v) is 6.39. The summed E-state index contributed by atoms with van der Waals surface area (Å²) >= 11 is 6.49. The molecule has 1 aliphatic heterocycles. The molecule has 0 aromatic carbocycles. The number of thiazole rings is 1. The summed E-state index contributed by atoms with van der Waals surface area (Å²) in [7, 11) is 0. The van der Waals surface area contributed by atoms with Gasteiger partial charge in [0.1, 0.15) is 10.7 Å². The van der Waals surface area contributed by atoms with Gasteiger partial charge in [-0.1, -0.05) is 13.8 Å². The average Bonchev–Trinajstić information content (AvgIpc) is 3.09. The number of rotatable bonds is 2. The molecule has 0 spiro atoms. The van der Waals surface area contributed by atoms with Crippen molar-refractivity contribution in [2.24, 2.45) is 5.41 Å². The Morgan fingerprint density at radius 3 is 2.81 bits per heavy atom. The largest absolute Gasteiger partial charge is 0.391 e. The Labute approximate surface area is 139 Å². The van der Waals surface area contributed by atoms with E-state index in [-0.39, 0.29) is 11.3 Å². The standard InChI is InChI=1S/C14H15BrN2O2S2/c1-14(2)7-17(4-11(14)18)13(19)9-6-21-12(16-9)10-3-8(15)5-20-10/h3,5-6,11,18H,4,7H2,1-2H3. The average molecular weight is 387 g/mol. The molecule has 4 nitrogen and oxygen atoms in total. The van der Waals surface area contributed by atoms with E-state index in [1.807, 2.05) is 25.3 Å². The number of nitrogens with zero attached hydrogens (tertiary/aromatic N) is 2. The fourth-order valence-corrected chi connectivity index (χ4v) is 4.65. The van der Waals surface area contributed by atoms with E-state index in [0.717, 1.165) is 14.4 Å². The number of hydrogen-bond acceptors (Lipinski definition) is 5. The molecule has 3 rings (SSSR count). The maximum absolute atomic E-state index is 12.5. The van der Waals surface area contributed by atoms with Gasteiger partial charge in [-0.05, 0) is 22.0 Å². The molecule has 1 amide bonds. The van der Waals surface area contributed by atoms with E-state index in [9.17, 15) is 9.90 Å². The molecule has 2 aromatic heterocycles. The molecule has 1 atom stereocenters. The summed E-state index contributed by atoms with van der Waals surface area (Å²) in [6, 6.07) is 2.00. The molecule has 1 fully saturated rings. The molecule has 2 aromatic rings. The number of amides is 1. The summed E-state index contributed by atoms with van der Waals surface area (Å²) in [5.41, 5.74) is 0.206. The summed E-state index contributed by atoms with van der Waals surface area (Å²) in [6.07, 6.45) is -0.479. The number of halogens is 1. The third kappa shape index (κ3) is 2.92. The molecule has 7 heteroatoms. The summed E-state index contributed by atoms with van der Waals surface area (Å²) < 4.78 is 1.02. The maximum atomic E-state index is 12.5. The number of β-amino-alcohol motifs (C(OH)–C–C–N with tert-alkyl or cyclic N) is 1. The smallest absolute Gasteiger partial charge is 0.273 e. The van der Waals surface area contributed by atoms with Crippen LogP contribution in [0, 0.1) is 5.41 Å². The van der Waals surface area contributed by atoms with Crippen LogP contribution in [0.4, 0.5) is 0 Å². The van der Waals surface area contributed by atoms with Crippen molar-refractivity contribution >= 4 is 44.5 Å². The first kappa shape index (κ1) is 15.1. The van der Waals surface area contributed by atoms with E-state index in [2.05, 4.69) is 20.9 Å². The maximum Gasteiger partial charge on any atom is 0.273 e. The van der Waals surface area contributed by atoms with Crippen LogP contribution < -0.4 is 0 Å². The van der Waals surface area contributed by atoms with Crippen LogP contribution in [-0.2, 0) is 0 Å². The highest BCUT2D eigenvalue weighted by molar-refractivity contribution is 9.10. The van der Waals surface area contributed by atoms with E-state index >= 15 is 0 Å². The van der Waals surface area contributed by atoms with Crippen LogP contribution in [-0.4, -0.2) is 40.1 Å². The van der Waals surface area contributed by atoms with Crippen LogP contribution >= 0.6 is 38.6 Å². The van der Waals surface area contributed by atoms with Crippen molar-refractivity contribution in [3.63, 3.8) is 0 Å². The zero-order valence-corrected chi connectivity index (χ0v) is 14.9. The van der Waals surface area contributed by atoms with Crippen LogP contribution in [0.25, 0.3) is 9.88 Å². The summed E-state index contributed by atoms with van der Waals surface area (Å²) in [4.78, 5) is 19.7. The normalized spacial score (nSPS) is 21.0. The lowest BCUT2D eigenvalue weighted by Crippen LogP contribution is -2.30. The molecule has 1 aliphatic rings. The highest BCUT2D eigenvalue weighted by atomic mass is 79.9. The Morgan fingerprint density at radius 2 is 2.24 bits per heavy atom. The first-order valence-corrected chi connectivity index (χ1v) is 9.09. The molecule has 0 aliphatic carbocycles. The van der Waals surface area contributed by atoms with Gasteiger partial charge in [0.2, 0.25) is 0 Å². The molecular weight excluding hydrogens is 372 g/mol. The molecule has 3 heterocycles. The SMILES string of the molecule is CC1(C)CN(C(=O)c2csc(-c3cc(Br)cs3)n2)CC1O. The second-order valence-corrected chi connectivity index (χ2v) is 8.54. The van der Waals surface area contributed by atoms with E-state index in [1.54, 1.807) is 21.6 Å². The van der Waals surface area contributed by atoms with Gasteiger partial charge in [-0.25, -0.2) is 4.98 Å². The van der Waals surface area contributed by atoms with Crippen molar-refractivity contribution in [2.45, 2.75) is 20.0 Å². The molecular formula is C14H15BrN2O2S2. The molecule has 0 radical (unpaired) electrons. The number of aromatic nitrogens is 1. The number of aliphatic hydroxyl groups is 1. The number of aliphatic hydroxyl groups excluding tert-OH is 1. The van der Waals surface area contributed by atoms with Crippen molar-refractivity contribution in [1.82, 2.24) is 9.88 Å². The minimum absolute atomic E-state index is 0.0993. The quantitative estimate of drug-likeness (QED) is 0.859. The number of thiophene rings is 1. The van der Waals surface area contributed by atoms with Crippen LogP contribution in [0.2, 0.25) is 0 Å². The van der Waals surface area contributed by atoms with Crippen molar-refractivity contribution < 1.29 is 9.90 Å². The molecule has 1 unspecified atom stereocenters. The number of likely N-dealkylation sites (tertiary alicyclic amines) is 1. The highest BCUT2D eigenvalue weighted by Crippen LogP contribution is 2.34. The van der Waals surface area contributed by atoms with Gasteiger partial charge in [0.05, 0.1) is 11.0 Å². The molecule has 112 valence electrons. The fourth-order valence-electron chi connectivity index (χ4n) is 2.34. The first-order chi connectivity index (χ1) is 9.87. The predicted molar refractivity (Wildman–Crippen MR) is 88.8 cm³/mol. The molecule has 21 heavy (non-hydrogen) atoms. The Balaban J connectivity index is 1.79. The second-order valence-electron chi connectivity index (χ2n) is 5.86. The van der Waals surface area contributed by atoms with Crippen molar-refractivity contribution in [3.05, 3.63) is 27.0 Å². The number of carbonyl (C=O) groups is 1. The van der Waals surface area contributed by atoms with Crippen LogP contribution in [0.1, 0.15) is 24.3 Å². The molecule has 0 saturated carbocycles. The van der Waals surface area contributed by atoms with Gasteiger partial charge in [0, 0.05) is 33.7 Å². The Hall–Kier alpha value is -0.760. The Bertz CT molecular complexity index is 680. The van der Waals surface area contributed by atoms with Crippen LogP contribution in [0.15, 0.2) is 21.3 Å². The lowest BCUT2D eigenvalue weighted by Gasteiger charge is -2.20. The topological polar surface area (TPSA) is 53.4 Å². The third-order valence-electron chi connectivity index (χ3n) is 3.68. The Morgan fingerprint density at radius 1 is 1.48 bits per heavy atom. The summed E-state index contributed by atoms with van der Waals surface area (Å²) in [5.74, 6) is -0.0993. The van der Waals surface area contributed by atoms with Gasteiger partial charge < -0.3 is 10.0 Å². The van der Waals surface area contributed by atoms with Gasteiger partial charge in [0.15, 0.2) is 0 Å². The van der Waals surface area contributed by atoms with Gasteiger partial charge >= 0.3 is 0 Å². The minimum Gasteiger partial charge on any atom is -0.391 e. The van der Waals surface area contributed by atoms with E-state index < -0.39 is 6.10 Å². The molecule has 0 bridgehead atoms. The fraction of sp³-hybridized carbons (Fsp3) is 0.429. The van der Waals surface area contributed by atoms with Crippen molar-refractivity contribution in [2.75, 3.05) is 13.1 Å². The zero-order valence-electron chi connectivity index (χ0n) is 11.7.